The van der Waals surface area contributed by atoms with E-state index in [1.165, 1.54) is 7.11 Å². The van der Waals surface area contributed by atoms with Gasteiger partial charge in [-0.1, -0.05) is 6.07 Å². The molecule has 0 aliphatic rings. The van der Waals surface area contributed by atoms with E-state index in [4.69, 9.17) is 4.74 Å². The number of urea groups is 1. The summed E-state index contributed by atoms with van der Waals surface area (Å²) < 4.78 is 31.8. The fraction of sp³-hybridized carbons (Fsp3) is 0.0667. The zero-order chi connectivity index (χ0) is 16.1. The predicted octanol–water partition coefficient (Wildman–Crippen LogP) is 2.94. The SMILES string of the molecule is COc1ccc(NC(=O)NC(=O)c2c(F)cccc2F)cc1. The second-order valence-corrected chi connectivity index (χ2v) is 4.23. The van der Waals surface area contributed by atoms with Crippen LogP contribution in [0.1, 0.15) is 10.4 Å². The van der Waals surface area contributed by atoms with Crippen molar-refractivity contribution in [3.63, 3.8) is 0 Å². The lowest BCUT2D eigenvalue weighted by molar-refractivity contribution is 0.0959. The molecule has 0 unspecified atom stereocenters. The van der Waals surface area contributed by atoms with Crippen molar-refractivity contribution in [1.82, 2.24) is 5.32 Å². The number of hydrogen-bond acceptors (Lipinski definition) is 3. The van der Waals surface area contributed by atoms with E-state index in [-0.39, 0.29) is 0 Å². The monoisotopic (exact) mass is 306 g/mol. The molecule has 114 valence electrons. The van der Waals surface area contributed by atoms with Gasteiger partial charge in [-0.3, -0.25) is 10.1 Å². The maximum atomic E-state index is 13.4. The molecule has 0 spiro atoms. The number of anilines is 1. The quantitative estimate of drug-likeness (QED) is 0.916. The Balaban J connectivity index is 2.03. The summed E-state index contributed by atoms with van der Waals surface area (Å²) in [4.78, 5) is 23.4. The van der Waals surface area contributed by atoms with Crippen LogP contribution in [-0.2, 0) is 0 Å². The number of methoxy groups -OCH3 is 1. The highest BCUT2D eigenvalue weighted by atomic mass is 19.1. The molecule has 0 heterocycles. The van der Waals surface area contributed by atoms with Crippen LogP contribution in [0.25, 0.3) is 0 Å². The number of hydrogen-bond donors (Lipinski definition) is 2. The molecule has 7 heteroatoms. The van der Waals surface area contributed by atoms with Crippen LogP contribution in [0, 0.1) is 11.6 Å². The molecule has 0 aromatic heterocycles. The van der Waals surface area contributed by atoms with E-state index in [0.29, 0.717) is 11.4 Å². The van der Waals surface area contributed by atoms with Crippen molar-refractivity contribution in [2.24, 2.45) is 0 Å². The molecule has 0 radical (unpaired) electrons. The fourth-order valence-corrected chi connectivity index (χ4v) is 1.72. The summed E-state index contributed by atoms with van der Waals surface area (Å²) in [5.41, 5.74) is -0.424. The van der Waals surface area contributed by atoms with Crippen LogP contribution in [0.4, 0.5) is 19.3 Å². The van der Waals surface area contributed by atoms with Gasteiger partial charge in [-0.2, -0.15) is 0 Å². The van der Waals surface area contributed by atoms with Crippen molar-refractivity contribution in [2.75, 3.05) is 12.4 Å². The summed E-state index contributed by atoms with van der Waals surface area (Å²) in [6.07, 6.45) is 0. The van der Waals surface area contributed by atoms with Gasteiger partial charge in [0.25, 0.3) is 5.91 Å². The number of ether oxygens (including phenoxy) is 1. The van der Waals surface area contributed by atoms with Gasteiger partial charge in [0.1, 0.15) is 22.9 Å². The van der Waals surface area contributed by atoms with Gasteiger partial charge in [-0.05, 0) is 36.4 Å². The molecule has 2 aromatic carbocycles. The Morgan fingerprint density at radius 2 is 1.59 bits per heavy atom. The van der Waals surface area contributed by atoms with E-state index < -0.39 is 29.1 Å². The highest BCUT2D eigenvalue weighted by Gasteiger charge is 2.19. The van der Waals surface area contributed by atoms with Crippen LogP contribution in [0.5, 0.6) is 5.75 Å². The van der Waals surface area contributed by atoms with Crippen LogP contribution in [-0.4, -0.2) is 19.0 Å². The zero-order valence-corrected chi connectivity index (χ0v) is 11.5. The number of rotatable bonds is 3. The number of amides is 3. The summed E-state index contributed by atoms with van der Waals surface area (Å²) >= 11 is 0. The number of benzene rings is 2. The van der Waals surface area contributed by atoms with E-state index in [1.54, 1.807) is 24.3 Å². The second kappa shape index (κ2) is 6.66. The summed E-state index contributed by atoms with van der Waals surface area (Å²) in [5, 5.41) is 4.22. The van der Waals surface area contributed by atoms with Crippen molar-refractivity contribution in [3.8, 4) is 5.75 Å². The molecule has 0 atom stereocenters. The summed E-state index contributed by atoms with van der Waals surface area (Å²) in [6, 6.07) is 8.39. The van der Waals surface area contributed by atoms with Crippen LogP contribution in [0.2, 0.25) is 0 Å². The Hall–Kier alpha value is -2.96. The highest BCUT2D eigenvalue weighted by molar-refractivity contribution is 6.08. The molecule has 0 saturated carbocycles. The minimum Gasteiger partial charge on any atom is -0.497 e. The molecule has 0 fully saturated rings. The van der Waals surface area contributed by atoms with E-state index >= 15 is 0 Å². The molecule has 5 nitrogen and oxygen atoms in total. The van der Waals surface area contributed by atoms with Gasteiger partial charge >= 0.3 is 6.03 Å². The normalized spacial score (nSPS) is 9.95. The molecule has 0 bridgehead atoms. The van der Waals surface area contributed by atoms with Crippen molar-refractivity contribution in [1.29, 1.82) is 0 Å². The van der Waals surface area contributed by atoms with Gasteiger partial charge in [0.2, 0.25) is 0 Å². The van der Waals surface area contributed by atoms with Gasteiger partial charge in [0.15, 0.2) is 0 Å². The smallest absolute Gasteiger partial charge is 0.326 e. The van der Waals surface area contributed by atoms with Crippen molar-refractivity contribution in [3.05, 3.63) is 59.7 Å². The Morgan fingerprint density at radius 3 is 2.14 bits per heavy atom. The molecule has 2 aromatic rings. The number of carbonyl (C=O) groups excluding carboxylic acids is 2. The van der Waals surface area contributed by atoms with Crippen molar-refractivity contribution in [2.45, 2.75) is 0 Å². The number of carbonyl (C=O) groups is 2. The van der Waals surface area contributed by atoms with Crippen LogP contribution >= 0.6 is 0 Å². The molecular weight excluding hydrogens is 294 g/mol. The van der Waals surface area contributed by atoms with Crippen molar-refractivity contribution < 1.29 is 23.1 Å². The van der Waals surface area contributed by atoms with Crippen LogP contribution in [0.15, 0.2) is 42.5 Å². The largest absolute Gasteiger partial charge is 0.497 e. The number of imide groups is 1. The third-order valence-electron chi connectivity index (χ3n) is 2.76. The van der Waals surface area contributed by atoms with E-state index in [2.05, 4.69) is 5.32 Å². The zero-order valence-electron chi connectivity index (χ0n) is 11.5. The van der Waals surface area contributed by atoms with Gasteiger partial charge in [0.05, 0.1) is 7.11 Å². The van der Waals surface area contributed by atoms with E-state index in [1.807, 2.05) is 5.32 Å². The lowest BCUT2D eigenvalue weighted by atomic mass is 10.2. The fourth-order valence-electron chi connectivity index (χ4n) is 1.72. The van der Waals surface area contributed by atoms with Gasteiger partial charge in [-0.25, -0.2) is 13.6 Å². The average Bonchev–Trinajstić information content (AvgIpc) is 2.47. The first-order chi connectivity index (χ1) is 10.5. The Morgan fingerprint density at radius 1 is 1.00 bits per heavy atom. The first-order valence-corrected chi connectivity index (χ1v) is 6.21. The van der Waals surface area contributed by atoms with Gasteiger partial charge in [-0.15, -0.1) is 0 Å². The van der Waals surface area contributed by atoms with E-state index in [0.717, 1.165) is 18.2 Å². The topological polar surface area (TPSA) is 67.4 Å². The van der Waals surface area contributed by atoms with Crippen LogP contribution in [0.3, 0.4) is 0 Å². The van der Waals surface area contributed by atoms with Gasteiger partial charge in [0, 0.05) is 5.69 Å². The van der Waals surface area contributed by atoms with E-state index in [9.17, 15) is 18.4 Å². The minimum absolute atomic E-state index is 0.389. The Kier molecular flexibility index (Phi) is 4.67. The highest BCUT2D eigenvalue weighted by Crippen LogP contribution is 2.15. The number of nitrogens with one attached hydrogen (secondary N) is 2. The maximum absolute atomic E-state index is 13.4. The lowest BCUT2D eigenvalue weighted by Crippen LogP contribution is -2.35. The molecule has 0 aliphatic carbocycles. The third kappa shape index (κ3) is 3.57. The standard InChI is InChI=1S/C15H12F2N2O3/c1-22-10-7-5-9(6-8-10)18-15(21)19-14(20)13-11(16)3-2-4-12(13)17/h2-8H,1H3,(H2,18,19,20,21). The maximum Gasteiger partial charge on any atom is 0.326 e. The summed E-state index contributed by atoms with van der Waals surface area (Å²) in [6.45, 7) is 0. The molecule has 0 saturated heterocycles. The Bertz CT molecular complexity index is 682. The molecule has 2 rings (SSSR count). The first-order valence-electron chi connectivity index (χ1n) is 6.21. The average molecular weight is 306 g/mol. The molecule has 3 amide bonds. The Labute approximate surface area is 124 Å². The first kappa shape index (κ1) is 15.4. The lowest BCUT2D eigenvalue weighted by Gasteiger charge is -2.08. The van der Waals surface area contributed by atoms with Gasteiger partial charge < -0.3 is 10.1 Å². The molecule has 0 aliphatic heterocycles. The molecular formula is C15H12F2N2O3. The summed E-state index contributed by atoms with van der Waals surface area (Å²) in [5.74, 6) is -2.67. The molecule has 2 N–H and O–H groups in total. The second-order valence-electron chi connectivity index (χ2n) is 4.23. The summed E-state index contributed by atoms with van der Waals surface area (Å²) in [7, 11) is 1.50. The third-order valence-corrected chi connectivity index (χ3v) is 2.76. The predicted molar refractivity (Wildman–Crippen MR) is 75.8 cm³/mol. The minimum atomic E-state index is -1.17. The van der Waals surface area contributed by atoms with Crippen LogP contribution < -0.4 is 15.4 Å². The number of halogens is 2. The molecule has 22 heavy (non-hydrogen) atoms. The van der Waals surface area contributed by atoms with Crippen molar-refractivity contribution >= 4 is 17.6 Å².